The lowest BCUT2D eigenvalue weighted by Gasteiger charge is -2.02. The van der Waals surface area contributed by atoms with Crippen molar-refractivity contribution in [2.75, 3.05) is 0 Å². The number of halogens is 1. The van der Waals surface area contributed by atoms with Crippen molar-refractivity contribution in [1.82, 2.24) is 0 Å². The van der Waals surface area contributed by atoms with E-state index >= 15 is 0 Å². The van der Waals surface area contributed by atoms with Crippen LogP contribution in [0.2, 0.25) is 0 Å². The van der Waals surface area contributed by atoms with Crippen molar-refractivity contribution < 1.29 is 9.21 Å². The first-order valence-electron chi connectivity index (χ1n) is 5.41. The smallest absolute Gasteiger partial charge is 0.194 e. The monoisotopic (exact) mass is 278 g/mol. The molecule has 0 spiro atoms. The zero-order valence-corrected chi connectivity index (χ0v) is 10.6. The first kappa shape index (κ1) is 10.1. The number of rotatable bonds is 1. The molecule has 1 aliphatic carbocycles. The van der Waals surface area contributed by atoms with Gasteiger partial charge in [-0.1, -0.05) is 15.9 Å². The van der Waals surface area contributed by atoms with Gasteiger partial charge >= 0.3 is 0 Å². The Balaban J connectivity index is 2.35. The van der Waals surface area contributed by atoms with Crippen molar-refractivity contribution in [1.29, 1.82) is 0 Å². The molecule has 3 heteroatoms. The second-order valence-corrected chi connectivity index (χ2v) is 5.11. The molecule has 0 saturated heterocycles. The summed E-state index contributed by atoms with van der Waals surface area (Å²) in [4.78, 5) is 11.3. The minimum atomic E-state index is -0.0148. The second-order valence-electron chi connectivity index (χ2n) is 4.25. The van der Waals surface area contributed by atoms with Crippen LogP contribution in [0.1, 0.15) is 35.0 Å². The number of aryl methyl sites for hydroxylation is 1. The molecule has 82 valence electrons. The standard InChI is InChI=1S/C13H11BrO2/c1-7(15)12-6-8-5-11(14)9-3-2-4-10(9)13(8)16-12/h5-6H,2-4H2,1H3. The molecule has 1 heterocycles. The SMILES string of the molecule is CC(=O)c1cc2cc(Br)c3c(c2o1)CCC3. The molecule has 0 radical (unpaired) electrons. The summed E-state index contributed by atoms with van der Waals surface area (Å²) in [5.41, 5.74) is 3.52. The fourth-order valence-electron chi connectivity index (χ4n) is 2.40. The van der Waals surface area contributed by atoms with E-state index in [9.17, 15) is 4.79 Å². The van der Waals surface area contributed by atoms with E-state index in [2.05, 4.69) is 22.0 Å². The van der Waals surface area contributed by atoms with Crippen molar-refractivity contribution in [3.05, 3.63) is 33.5 Å². The van der Waals surface area contributed by atoms with E-state index in [4.69, 9.17) is 4.42 Å². The first-order valence-corrected chi connectivity index (χ1v) is 6.21. The molecule has 1 aromatic heterocycles. The zero-order chi connectivity index (χ0) is 11.3. The lowest BCUT2D eigenvalue weighted by atomic mass is 10.1. The molecule has 1 aromatic carbocycles. The number of carbonyl (C=O) groups is 1. The van der Waals surface area contributed by atoms with Gasteiger partial charge in [0, 0.05) is 16.8 Å². The van der Waals surface area contributed by atoms with Crippen molar-refractivity contribution in [2.24, 2.45) is 0 Å². The molecule has 0 unspecified atom stereocenters. The Morgan fingerprint density at radius 3 is 2.81 bits per heavy atom. The van der Waals surface area contributed by atoms with Gasteiger partial charge in [0.1, 0.15) is 5.58 Å². The van der Waals surface area contributed by atoms with Crippen LogP contribution in [0.3, 0.4) is 0 Å². The Labute approximate surface area is 102 Å². The van der Waals surface area contributed by atoms with Gasteiger partial charge in [-0.25, -0.2) is 0 Å². The lowest BCUT2D eigenvalue weighted by Crippen LogP contribution is -1.86. The van der Waals surface area contributed by atoms with Crippen LogP contribution in [0.25, 0.3) is 11.0 Å². The third kappa shape index (κ3) is 1.34. The van der Waals surface area contributed by atoms with Crippen molar-refractivity contribution in [3.8, 4) is 0 Å². The number of fused-ring (bicyclic) bond motifs is 3. The summed E-state index contributed by atoms with van der Waals surface area (Å²) in [6, 6.07) is 3.89. The van der Waals surface area contributed by atoms with E-state index in [0.717, 1.165) is 28.3 Å². The number of hydrogen-bond donors (Lipinski definition) is 0. The van der Waals surface area contributed by atoms with E-state index in [-0.39, 0.29) is 5.78 Å². The highest BCUT2D eigenvalue weighted by Crippen LogP contribution is 2.37. The predicted octanol–water partition coefficient (Wildman–Crippen LogP) is 3.89. The molecule has 3 rings (SSSR count). The first-order chi connectivity index (χ1) is 7.66. The Morgan fingerprint density at radius 1 is 1.31 bits per heavy atom. The quantitative estimate of drug-likeness (QED) is 0.741. The lowest BCUT2D eigenvalue weighted by molar-refractivity contribution is 0.0989. The van der Waals surface area contributed by atoms with Gasteiger partial charge in [0.25, 0.3) is 0 Å². The maximum atomic E-state index is 11.3. The number of Topliss-reactive ketones (excluding diaryl/α,β-unsaturated/α-hetero) is 1. The van der Waals surface area contributed by atoms with E-state index in [0.29, 0.717) is 5.76 Å². The third-order valence-electron chi connectivity index (χ3n) is 3.17. The minimum absolute atomic E-state index is 0.0148. The van der Waals surface area contributed by atoms with Crippen LogP contribution in [-0.4, -0.2) is 5.78 Å². The normalized spacial score (nSPS) is 14.4. The number of hydrogen-bond acceptors (Lipinski definition) is 2. The molecule has 0 saturated carbocycles. The summed E-state index contributed by atoms with van der Waals surface area (Å²) in [5.74, 6) is 0.446. The van der Waals surface area contributed by atoms with Crippen LogP contribution in [0.4, 0.5) is 0 Å². The zero-order valence-electron chi connectivity index (χ0n) is 8.97. The van der Waals surface area contributed by atoms with Gasteiger partial charge in [0.2, 0.25) is 0 Å². The highest BCUT2D eigenvalue weighted by molar-refractivity contribution is 9.10. The van der Waals surface area contributed by atoms with E-state index in [1.807, 2.05) is 6.07 Å². The van der Waals surface area contributed by atoms with Crippen LogP contribution in [0.15, 0.2) is 21.0 Å². The van der Waals surface area contributed by atoms with Gasteiger partial charge in [-0.05, 0) is 42.5 Å². The molecule has 0 bridgehead atoms. The van der Waals surface area contributed by atoms with Crippen LogP contribution < -0.4 is 0 Å². The van der Waals surface area contributed by atoms with Crippen LogP contribution >= 0.6 is 15.9 Å². The number of benzene rings is 1. The van der Waals surface area contributed by atoms with Crippen LogP contribution in [0.5, 0.6) is 0 Å². The fraction of sp³-hybridized carbons (Fsp3) is 0.308. The predicted molar refractivity (Wildman–Crippen MR) is 65.9 cm³/mol. The number of carbonyl (C=O) groups excluding carboxylic acids is 1. The molecular weight excluding hydrogens is 268 g/mol. The summed E-state index contributed by atoms with van der Waals surface area (Å²) in [7, 11) is 0. The molecular formula is C13H11BrO2. The summed E-state index contributed by atoms with van der Waals surface area (Å²) in [5, 5.41) is 1.03. The summed E-state index contributed by atoms with van der Waals surface area (Å²) in [6.45, 7) is 1.53. The molecule has 2 aromatic rings. The van der Waals surface area contributed by atoms with E-state index in [1.165, 1.54) is 24.5 Å². The van der Waals surface area contributed by atoms with E-state index < -0.39 is 0 Å². The summed E-state index contributed by atoms with van der Waals surface area (Å²) in [6.07, 6.45) is 3.32. The molecule has 16 heavy (non-hydrogen) atoms. The van der Waals surface area contributed by atoms with Gasteiger partial charge in [0.15, 0.2) is 11.5 Å². The molecule has 0 amide bonds. The largest absolute Gasteiger partial charge is 0.453 e. The van der Waals surface area contributed by atoms with Crippen molar-refractivity contribution >= 4 is 32.7 Å². The molecule has 2 nitrogen and oxygen atoms in total. The summed E-state index contributed by atoms with van der Waals surface area (Å²) < 4.78 is 6.80. The molecule has 0 atom stereocenters. The van der Waals surface area contributed by atoms with Gasteiger partial charge in [-0.2, -0.15) is 0 Å². The topological polar surface area (TPSA) is 30.2 Å². The van der Waals surface area contributed by atoms with Gasteiger partial charge in [-0.15, -0.1) is 0 Å². The number of ketones is 1. The van der Waals surface area contributed by atoms with E-state index in [1.54, 1.807) is 0 Å². The second kappa shape index (κ2) is 3.45. The molecule has 1 aliphatic rings. The third-order valence-corrected chi connectivity index (χ3v) is 3.88. The Bertz CT molecular complexity index is 595. The minimum Gasteiger partial charge on any atom is -0.453 e. The van der Waals surface area contributed by atoms with Gasteiger partial charge in [0.05, 0.1) is 0 Å². The van der Waals surface area contributed by atoms with Crippen molar-refractivity contribution in [3.63, 3.8) is 0 Å². The maximum absolute atomic E-state index is 11.3. The molecule has 0 fully saturated rings. The average Bonchev–Trinajstić information content (AvgIpc) is 2.80. The molecule has 0 N–H and O–H groups in total. The molecule has 0 aliphatic heterocycles. The highest BCUT2D eigenvalue weighted by atomic mass is 79.9. The van der Waals surface area contributed by atoms with Gasteiger partial charge < -0.3 is 4.42 Å². The Kier molecular flexibility index (Phi) is 2.18. The summed E-state index contributed by atoms with van der Waals surface area (Å²) >= 11 is 3.59. The maximum Gasteiger partial charge on any atom is 0.194 e. The Morgan fingerprint density at radius 2 is 2.06 bits per heavy atom. The number of furan rings is 1. The highest BCUT2D eigenvalue weighted by Gasteiger charge is 2.21. The van der Waals surface area contributed by atoms with Crippen LogP contribution in [0, 0.1) is 0 Å². The Hall–Kier alpha value is -1.09. The fourth-order valence-corrected chi connectivity index (χ4v) is 3.09. The van der Waals surface area contributed by atoms with Gasteiger partial charge in [-0.3, -0.25) is 4.79 Å². The van der Waals surface area contributed by atoms with Crippen molar-refractivity contribution in [2.45, 2.75) is 26.2 Å². The van der Waals surface area contributed by atoms with Crippen LogP contribution in [-0.2, 0) is 12.8 Å². The average molecular weight is 279 g/mol.